The molecular weight excluding hydrogens is 156 g/mol. The zero-order chi connectivity index (χ0) is 9.78. The van der Waals surface area contributed by atoms with Crippen LogP contribution in [0.25, 0.3) is 0 Å². The Bertz CT molecular complexity index is 151. The molecule has 0 N–H and O–H groups in total. The Hall–Kier alpha value is -0.780. The smallest absolute Gasteiger partial charge is 0.0169 e. The molecule has 0 atom stereocenters. The summed E-state index contributed by atoms with van der Waals surface area (Å²) in [5, 5.41) is 0. The van der Waals surface area contributed by atoms with E-state index in [0.717, 1.165) is 12.8 Å². The highest BCUT2D eigenvalue weighted by Crippen LogP contribution is 1.98. The van der Waals surface area contributed by atoms with Crippen molar-refractivity contribution in [3.8, 4) is 0 Å². The number of unbranched alkanes of at least 4 members (excludes halogenated alkanes) is 3. The average molecular weight is 178 g/mol. The van der Waals surface area contributed by atoms with Crippen LogP contribution in [0.1, 0.15) is 45.4 Å². The molecule has 0 aliphatic rings. The Labute approximate surface area is 83.0 Å². The highest BCUT2D eigenvalue weighted by molar-refractivity contribution is 4.92. The number of rotatable bonds is 8. The van der Waals surface area contributed by atoms with Crippen molar-refractivity contribution in [3.63, 3.8) is 0 Å². The Kier molecular flexibility index (Phi) is 10.5. The number of hydrogen-bond acceptors (Lipinski definition) is 0. The molecular formula is C13H22. The predicted molar refractivity (Wildman–Crippen MR) is 61.9 cm³/mol. The van der Waals surface area contributed by atoms with Crippen molar-refractivity contribution < 1.29 is 0 Å². The fourth-order valence-corrected chi connectivity index (χ4v) is 1.05. The summed E-state index contributed by atoms with van der Waals surface area (Å²) in [7, 11) is 0. The minimum Gasteiger partial charge on any atom is -0.103 e. The van der Waals surface area contributed by atoms with E-state index < -0.39 is 0 Å². The van der Waals surface area contributed by atoms with Gasteiger partial charge in [-0.2, -0.15) is 0 Å². The van der Waals surface area contributed by atoms with E-state index in [1.54, 1.807) is 0 Å². The molecule has 0 radical (unpaired) electrons. The van der Waals surface area contributed by atoms with Crippen molar-refractivity contribution in [1.82, 2.24) is 0 Å². The molecule has 0 aromatic rings. The Morgan fingerprint density at radius 1 is 0.923 bits per heavy atom. The van der Waals surface area contributed by atoms with Gasteiger partial charge in [-0.05, 0) is 32.1 Å². The first-order chi connectivity index (χ1) is 6.41. The lowest BCUT2D eigenvalue weighted by Crippen LogP contribution is -1.68. The van der Waals surface area contributed by atoms with Crippen LogP contribution in [0.3, 0.4) is 0 Å². The SMILES string of the molecule is C=CCCCC=CCC=CCCC. The first-order valence-corrected chi connectivity index (χ1v) is 5.32. The summed E-state index contributed by atoms with van der Waals surface area (Å²) in [5.41, 5.74) is 0. The van der Waals surface area contributed by atoms with Crippen LogP contribution in [0.15, 0.2) is 37.0 Å². The van der Waals surface area contributed by atoms with Gasteiger partial charge in [0.15, 0.2) is 0 Å². The highest BCUT2D eigenvalue weighted by Gasteiger charge is 1.78. The minimum absolute atomic E-state index is 1.09. The van der Waals surface area contributed by atoms with Gasteiger partial charge in [0.25, 0.3) is 0 Å². The predicted octanol–water partition coefficient (Wildman–Crippen LogP) is 4.65. The van der Waals surface area contributed by atoms with Crippen LogP contribution < -0.4 is 0 Å². The van der Waals surface area contributed by atoms with Crippen LogP contribution >= 0.6 is 0 Å². The Morgan fingerprint density at radius 2 is 1.62 bits per heavy atom. The molecule has 0 spiro atoms. The van der Waals surface area contributed by atoms with Gasteiger partial charge in [0.05, 0.1) is 0 Å². The largest absolute Gasteiger partial charge is 0.103 e. The third kappa shape index (κ3) is 11.2. The molecule has 0 aromatic heterocycles. The lowest BCUT2D eigenvalue weighted by atomic mass is 10.2. The van der Waals surface area contributed by atoms with Gasteiger partial charge in [-0.15, -0.1) is 6.58 Å². The molecule has 0 bridgehead atoms. The summed E-state index contributed by atoms with van der Waals surface area (Å²) in [4.78, 5) is 0. The van der Waals surface area contributed by atoms with Gasteiger partial charge in [-0.1, -0.05) is 43.7 Å². The monoisotopic (exact) mass is 178 g/mol. The zero-order valence-electron chi connectivity index (χ0n) is 8.84. The van der Waals surface area contributed by atoms with E-state index >= 15 is 0 Å². The van der Waals surface area contributed by atoms with Crippen LogP contribution in [-0.2, 0) is 0 Å². The zero-order valence-corrected chi connectivity index (χ0v) is 8.84. The van der Waals surface area contributed by atoms with Crippen molar-refractivity contribution in [1.29, 1.82) is 0 Å². The third-order valence-electron chi connectivity index (χ3n) is 1.84. The maximum Gasteiger partial charge on any atom is -0.0169 e. The normalized spacial score (nSPS) is 11.5. The summed E-state index contributed by atoms with van der Waals surface area (Å²) in [6, 6.07) is 0. The summed E-state index contributed by atoms with van der Waals surface area (Å²) >= 11 is 0. The Morgan fingerprint density at radius 3 is 2.23 bits per heavy atom. The van der Waals surface area contributed by atoms with Crippen LogP contribution in [0, 0.1) is 0 Å². The molecule has 13 heavy (non-hydrogen) atoms. The first-order valence-electron chi connectivity index (χ1n) is 5.32. The molecule has 74 valence electrons. The van der Waals surface area contributed by atoms with E-state index in [9.17, 15) is 0 Å². The maximum atomic E-state index is 3.69. The van der Waals surface area contributed by atoms with Gasteiger partial charge < -0.3 is 0 Å². The summed E-state index contributed by atoms with van der Waals surface area (Å²) in [6.45, 7) is 5.90. The fourth-order valence-electron chi connectivity index (χ4n) is 1.05. The van der Waals surface area contributed by atoms with E-state index in [4.69, 9.17) is 0 Å². The van der Waals surface area contributed by atoms with Gasteiger partial charge in [0, 0.05) is 0 Å². The molecule has 0 unspecified atom stereocenters. The lowest BCUT2D eigenvalue weighted by molar-refractivity contribution is 0.867. The van der Waals surface area contributed by atoms with Gasteiger partial charge in [-0.25, -0.2) is 0 Å². The van der Waals surface area contributed by atoms with Crippen LogP contribution in [0.4, 0.5) is 0 Å². The van der Waals surface area contributed by atoms with E-state index in [2.05, 4.69) is 37.8 Å². The first kappa shape index (κ1) is 12.2. The van der Waals surface area contributed by atoms with Gasteiger partial charge in [0.2, 0.25) is 0 Å². The van der Waals surface area contributed by atoms with E-state index in [1.807, 2.05) is 6.08 Å². The third-order valence-corrected chi connectivity index (χ3v) is 1.84. The van der Waals surface area contributed by atoms with E-state index in [-0.39, 0.29) is 0 Å². The lowest BCUT2D eigenvalue weighted by Gasteiger charge is -1.88. The van der Waals surface area contributed by atoms with E-state index in [0.29, 0.717) is 0 Å². The molecule has 0 heteroatoms. The van der Waals surface area contributed by atoms with Crippen molar-refractivity contribution >= 4 is 0 Å². The maximum absolute atomic E-state index is 3.69. The molecule has 0 aromatic carbocycles. The second kappa shape index (κ2) is 11.2. The molecule has 0 saturated carbocycles. The summed E-state index contributed by atoms with van der Waals surface area (Å²) in [5.74, 6) is 0. The van der Waals surface area contributed by atoms with E-state index in [1.165, 1.54) is 25.7 Å². The molecule has 0 nitrogen and oxygen atoms in total. The van der Waals surface area contributed by atoms with Crippen molar-refractivity contribution in [3.05, 3.63) is 37.0 Å². The van der Waals surface area contributed by atoms with Crippen LogP contribution in [0.2, 0.25) is 0 Å². The van der Waals surface area contributed by atoms with Crippen molar-refractivity contribution in [2.75, 3.05) is 0 Å². The van der Waals surface area contributed by atoms with Crippen molar-refractivity contribution in [2.45, 2.75) is 45.4 Å². The van der Waals surface area contributed by atoms with Gasteiger partial charge >= 0.3 is 0 Å². The highest BCUT2D eigenvalue weighted by atomic mass is 13.8. The minimum atomic E-state index is 1.09. The second-order valence-corrected chi connectivity index (χ2v) is 3.19. The summed E-state index contributed by atoms with van der Waals surface area (Å²) < 4.78 is 0. The molecule has 0 amide bonds. The quantitative estimate of drug-likeness (QED) is 0.375. The average Bonchev–Trinajstić information content (AvgIpc) is 2.16. The molecule has 0 rings (SSSR count). The van der Waals surface area contributed by atoms with Crippen LogP contribution in [0.5, 0.6) is 0 Å². The van der Waals surface area contributed by atoms with Crippen LogP contribution in [-0.4, -0.2) is 0 Å². The van der Waals surface area contributed by atoms with Gasteiger partial charge in [0.1, 0.15) is 0 Å². The number of hydrogen-bond donors (Lipinski definition) is 0. The molecule has 0 heterocycles. The van der Waals surface area contributed by atoms with Gasteiger partial charge in [-0.3, -0.25) is 0 Å². The molecule has 0 saturated heterocycles. The topological polar surface area (TPSA) is 0 Å². The summed E-state index contributed by atoms with van der Waals surface area (Å²) in [6.07, 6.45) is 18.1. The molecule has 0 aliphatic heterocycles. The fraction of sp³-hybridized carbons (Fsp3) is 0.538. The Balaban J connectivity index is 3.16. The molecule has 0 aliphatic carbocycles. The number of allylic oxidation sites excluding steroid dienone is 5. The molecule has 0 fully saturated rings. The standard InChI is InChI=1S/C13H22/c1-3-5-7-9-11-13-12-10-8-6-4-2/h3,8,10-11,13H,1,4-7,9,12H2,2H3. The second-order valence-electron chi connectivity index (χ2n) is 3.19. The van der Waals surface area contributed by atoms with Crippen molar-refractivity contribution in [2.24, 2.45) is 0 Å².